The highest BCUT2D eigenvalue weighted by atomic mass is 16.2. The summed E-state index contributed by atoms with van der Waals surface area (Å²) in [6.07, 6.45) is 1.90. The van der Waals surface area contributed by atoms with E-state index in [9.17, 15) is 4.79 Å². The number of benzene rings is 1. The highest BCUT2D eigenvalue weighted by molar-refractivity contribution is 5.78. The van der Waals surface area contributed by atoms with Crippen LogP contribution in [0.1, 0.15) is 17.9 Å². The fourth-order valence-electron chi connectivity index (χ4n) is 3.10. The van der Waals surface area contributed by atoms with Crippen molar-refractivity contribution in [3.8, 4) is 11.8 Å². The Bertz CT molecular complexity index is 739. The Kier molecular flexibility index (Phi) is 4.92. The summed E-state index contributed by atoms with van der Waals surface area (Å²) in [4.78, 5) is 20.3. The van der Waals surface area contributed by atoms with E-state index in [-0.39, 0.29) is 12.3 Å². The van der Waals surface area contributed by atoms with Crippen LogP contribution in [-0.2, 0) is 11.3 Å². The van der Waals surface area contributed by atoms with E-state index in [2.05, 4.69) is 26.6 Å². The number of carbonyl (C=O) groups is 1. The minimum absolute atomic E-state index is 0.0278. The molecule has 6 heteroatoms. The van der Waals surface area contributed by atoms with Crippen LogP contribution < -0.4 is 0 Å². The summed E-state index contributed by atoms with van der Waals surface area (Å²) in [5.74, 6) is 0.904. The Morgan fingerprint density at radius 1 is 1.21 bits per heavy atom. The lowest BCUT2D eigenvalue weighted by molar-refractivity contribution is -0.131. The number of hydrogen-bond acceptors (Lipinski definition) is 4. The lowest BCUT2D eigenvalue weighted by Crippen LogP contribution is -2.48. The van der Waals surface area contributed by atoms with Gasteiger partial charge >= 0.3 is 0 Å². The maximum atomic E-state index is 11.8. The van der Waals surface area contributed by atoms with E-state index >= 15 is 0 Å². The van der Waals surface area contributed by atoms with Crippen molar-refractivity contribution in [3.05, 3.63) is 48.0 Å². The molecule has 0 atom stereocenters. The molecule has 1 saturated heterocycles. The van der Waals surface area contributed by atoms with Gasteiger partial charge in [-0.1, -0.05) is 18.2 Å². The second-order valence-electron chi connectivity index (χ2n) is 5.96. The molecule has 0 unspecified atom stereocenters. The molecule has 0 saturated carbocycles. The van der Waals surface area contributed by atoms with Gasteiger partial charge in [0.1, 0.15) is 12.2 Å². The average Bonchev–Trinajstić information content (AvgIpc) is 2.97. The number of aryl methyl sites for hydroxylation is 1. The van der Waals surface area contributed by atoms with E-state index < -0.39 is 0 Å². The molecule has 124 valence electrons. The van der Waals surface area contributed by atoms with Gasteiger partial charge in [-0.25, -0.2) is 4.98 Å². The second-order valence-corrected chi connectivity index (χ2v) is 5.96. The van der Waals surface area contributed by atoms with Gasteiger partial charge in [0.15, 0.2) is 0 Å². The molecule has 0 bridgehead atoms. The first-order valence-corrected chi connectivity index (χ1v) is 8.15. The standard InChI is InChI=1S/C18H21N5O/c1-15-20-13-17(23(15)16-5-3-2-4-6-16)14-21-9-11-22(12-10-21)18(24)7-8-19/h2-6,13H,7,9-12,14H2,1H3. The number of para-hydroxylation sites is 1. The van der Waals surface area contributed by atoms with Crippen LogP contribution >= 0.6 is 0 Å². The van der Waals surface area contributed by atoms with Crippen molar-refractivity contribution >= 4 is 5.91 Å². The number of aromatic nitrogens is 2. The van der Waals surface area contributed by atoms with Crippen LogP contribution in [0.4, 0.5) is 0 Å². The van der Waals surface area contributed by atoms with Gasteiger partial charge in [-0.2, -0.15) is 5.26 Å². The normalized spacial score (nSPS) is 15.2. The van der Waals surface area contributed by atoms with E-state index in [0.29, 0.717) is 13.1 Å². The fraction of sp³-hybridized carbons (Fsp3) is 0.389. The minimum atomic E-state index is -0.0673. The molecule has 0 aliphatic carbocycles. The Labute approximate surface area is 141 Å². The summed E-state index contributed by atoms with van der Waals surface area (Å²) >= 11 is 0. The topological polar surface area (TPSA) is 65.2 Å². The van der Waals surface area contributed by atoms with Crippen molar-refractivity contribution in [1.29, 1.82) is 5.26 Å². The van der Waals surface area contributed by atoms with Crippen molar-refractivity contribution in [1.82, 2.24) is 19.4 Å². The molecule has 0 spiro atoms. The number of imidazole rings is 1. The first kappa shape index (κ1) is 16.2. The van der Waals surface area contributed by atoms with Gasteiger partial charge in [0.25, 0.3) is 0 Å². The van der Waals surface area contributed by atoms with E-state index in [4.69, 9.17) is 5.26 Å². The van der Waals surface area contributed by atoms with E-state index in [1.54, 1.807) is 4.90 Å². The van der Waals surface area contributed by atoms with Crippen molar-refractivity contribution in [2.45, 2.75) is 19.9 Å². The maximum absolute atomic E-state index is 11.8. The number of carbonyl (C=O) groups excluding carboxylic acids is 1. The number of nitriles is 1. The highest BCUT2D eigenvalue weighted by Gasteiger charge is 2.22. The van der Waals surface area contributed by atoms with Gasteiger partial charge in [-0.05, 0) is 19.1 Å². The molecule has 0 radical (unpaired) electrons. The fourth-order valence-corrected chi connectivity index (χ4v) is 3.10. The summed E-state index contributed by atoms with van der Waals surface area (Å²) in [6, 6.07) is 12.1. The third-order valence-corrected chi connectivity index (χ3v) is 4.37. The van der Waals surface area contributed by atoms with Crippen LogP contribution in [0.15, 0.2) is 36.5 Å². The molecule has 1 aliphatic heterocycles. The number of hydrogen-bond donors (Lipinski definition) is 0. The molecule has 1 amide bonds. The monoisotopic (exact) mass is 323 g/mol. The molecule has 1 fully saturated rings. The van der Waals surface area contributed by atoms with Gasteiger partial charge in [0.05, 0.1) is 18.0 Å². The quantitative estimate of drug-likeness (QED) is 0.860. The Balaban J connectivity index is 1.67. The smallest absolute Gasteiger partial charge is 0.236 e. The van der Waals surface area contributed by atoms with Crippen LogP contribution in [0.25, 0.3) is 5.69 Å². The number of nitrogens with zero attached hydrogens (tertiary/aromatic N) is 5. The first-order valence-electron chi connectivity index (χ1n) is 8.15. The van der Waals surface area contributed by atoms with Crippen LogP contribution in [0.3, 0.4) is 0 Å². The average molecular weight is 323 g/mol. The van der Waals surface area contributed by atoms with Gasteiger partial charge in [0.2, 0.25) is 5.91 Å². The number of piperazine rings is 1. The first-order chi connectivity index (χ1) is 11.7. The molecule has 1 aliphatic rings. The lowest BCUT2D eigenvalue weighted by Gasteiger charge is -2.34. The summed E-state index contributed by atoms with van der Waals surface area (Å²) in [7, 11) is 0. The third-order valence-electron chi connectivity index (χ3n) is 4.37. The summed E-state index contributed by atoms with van der Waals surface area (Å²) in [6.45, 7) is 5.80. The third kappa shape index (κ3) is 3.47. The molecule has 0 N–H and O–H groups in total. The van der Waals surface area contributed by atoms with E-state index in [1.807, 2.05) is 37.4 Å². The van der Waals surface area contributed by atoms with Gasteiger partial charge in [0, 0.05) is 38.4 Å². The molecule has 1 aromatic heterocycles. The minimum Gasteiger partial charge on any atom is -0.339 e. The second kappa shape index (κ2) is 7.28. The molecular weight excluding hydrogens is 302 g/mol. The Morgan fingerprint density at radius 3 is 2.58 bits per heavy atom. The number of amides is 1. The Hall–Kier alpha value is -2.65. The summed E-state index contributed by atoms with van der Waals surface area (Å²) < 4.78 is 2.17. The molecule has 24 heavy (non-hydrogen) atoms. The van der Waals surface area contributed by atoms with Crippen molar-refractivity contribution in [2.24, 2.45) is 0 Å². The summed E-state index contributed by atoms with van der Waals surface area (Å²) in [5.41, 5.74) is 2.26. The van der Waals surface area contributed by atoms with E-state index in [1.165, 1.54) is 0 Å². The van der Waals surface area contributed by atoms with Crippen molar-refractivity contribution < 1.29 is 4.79 Å². The summed E-state index contributed by atoms with van der Waals surface area (Å²) in [5, 5.41) is 8.64. The SMILES string of the molecule is Cc1ncc(CN2CCN(C(=O)CC#N)CC2)n1-c1ccccc1. The van der Waals surface area contributed by atoms with Crippen LogP contribution in [0.5, 0.6) is 0 Å². The van der Waals surface area contributed by atoms with Crippen LogP contribution in [0, 0.1) is 18.3 Å². The zero-order valence-electron chi connectivity index (χ0n) is 13.9. The van der Waals surface area contributed by atoms with Crippen molar-refractivity contribution in [2.75, 3.05) is 26.2 Å². The highest BCUT2D eigenvalue weighted by Crippen LogP contribution is 2.17. The molecule has 2 heterocycles. The van der Waals surface area contributed by atoms with Gasteiger partial charge in [-0.3, -0.25) is 14.3 Å². The Morgan fingerprint density at radius 2 is 1.92 bits per heavy atom. The predicted molar refractivity (Wildman–Crippen MR) is 90.4 cm³/mol. The molecule has 2 aromatic rings. The van der Waals surface area contributed by atoms with Gasteiger partial charge in [-0.15, -0.1) is 0 Å². The number of rotatable bonds is 4. The van der Waals surface area contributed by atoms with Crippen LogP contribution in [-0.4, -0.2) is 51.4 Å². The predicted octanol–water partition coefficient (Wildman–Crippen LogP) is 1.74. The van der Waals surface area contributed by atoms with Crippen molar-refractivity contribution in [3.63, 3.8) is 0 Å². The molecular formula is C18H21N5O. The zero-order valence-corrected chi connectivity index (χ0v) is 13.9. The zero-order chi connectivity index (χ0) is 16.9. The molecule has 1 aromatic carbocycles. The van der Waals surface area contributed by atoms with Gasteiger partial charge < -0.3 is 4.90 Å². The molecule has 3 rings (SSSR count). The molecule has 6 nitrogen and oxygen atoms in total. The lowest BCUT2D eigenvalue weighted by atomic mass is 10.2. The maximum Gasteiger partial charge on any atom is 0.236 e. The van der Waals surface area contributed by atoms with Crippen LogP contribution in [0.2, 0.25) is 0 Å². The van der Waals surface area contributed by atoms with E-state index in [0.717, 1.165) is 36.8 Å². The largest absolute Gasteiger partial charge is 0.339 e.